The highest BCUT2D eigenvalue weighted by Crippen LogP contribution is 2.25. The fourth-order valence-electron chi connectivity index (χ4n) is 3.25. The van der Waals surface area contributed by atoms with Crippen molar-refractivity contribution in [3.8, 4) is 0 Å². The molecule has 11 heteroatoms. The summed E-state index contributed by atoms with van der Waals surface area (Å²) in [4.78, 5) is 24.1. The zero-order valence-corrected chi connectivity index (χ0v) is 16.5. The van der Waals surface area contributed by atoms with E-state index in [1.165, 1.54) is 12.5 Å². The number of rotatable bonds is 8. The van der Waals surface area contributed by atoms with E-state index in [2.05, 4.69) is 37.4 Å². The predicted molar refractivity (Wildman–Crippen MR) is 119 cm³/mol. The van der Waals surface area contributed by atoms with Crippen LogP contribution in [0.1, 0.15) is 36.0 Å². The van der Waals surface area contributed by atoms with Gasteiger partial charge in [0.2, 0.25) is 5.95 Å². The van der Waals surface area contributed by atoms with Gasteiger partial charge in [0.1, 0.15) is 17.7 Å². The molecule has 8 N–H and O–H groups in total. The van der Waals surface area contributed by atoms with Gasteiger partial charge in [-0.15, -0.1) is 5.10 Å². The average molecular weight is 410 g/mol. The molecule has 1 aliphatic rings. The molecule has 1 aromatic heterocycles. The van der Waals surface area contributed by atoms with Gasteiger partial charge in [-0.1, -0.05) is 18.9 Å². The first-order chi connectivity index (χ1) is 14.5. The number of nitrogens with zero attached hydrogens (tertiary/aromatic N) is 5. The van der Waals surface area contributed by atoms with E-state index in [9.17, 15) is 4.79 Å². The molecule has 0 spiro atoms. The van der Waals surface area contributed by atoms with Gasteiger partial charge in [-0.25, -0.2) is 10.8 Å². The third-order valence-corrected chi connectivity index (χ3v) is 4.82. The molecule has 2 atom stereocenters. The normalized spacial score (nSPS) is 18.7. The number of anilines is 4. The minimum atomic E-state index is -0.642. The first-order valence-corrected chi connectivity index (χ1v) is 9.57. The van der Waals surface area contributed by atoms with Crippen LogP contribution in [0.5, 0.6) is 0 Å². The second-order valence-electron chi connectivity index (χ2n) is 6.95. The van der Waals surface area contributed by atoms with Crippen molar-refractivity contribution in [3.63, 3.8) is 0 Å². The van der Waals surface area contributed by atoms with Crippen LogP contribution in [0.15, 0.2) is 40.6 Å². The fraction of sp³-hybridized carbons (Fsp3) is 0.316. The molecule has 30 heavy (non-hydrogen) atoms. The molecule has 158 valence electrons. The Hall–Kier alpha value is -3.57. The SMILES string of the molecule is C=N/C=N\N(N)c1cccc(Nc2nc(N[C@@H]3CCCC[C@@H]3N)ncc2C(N)=O)c1. The smallest absolute Gasteiger partial charge is 0.254 e. The van der Waals surface area contributed by atoms with Crippen LogP contribution in [0.2, 0.25) is 0 Å². The summed E-state index contributed by atoms with van der Waals surface area (Å²) in [5, 5.41) is 11.4. The van der Waals surface area contributed by atoms with Crippen LogP contribution in [0, 0.1) is 0 Å². The number of nitrogens with two attached hydrogens (primary N) is 3. The van der Waals surface area contributed by atoms with E-state index in [-0.39, 0.29) is 23.5 Å². The van der Waals surface area contributed by atoms with Gasteiger partial charge in [0, 0.05) is 24.0 Å². The molecule has 1 fully saturated rings. The zero-order chi connectivity index (χ0) is 21.5. The van der Waals surface area contributed by atoms with E-state index >= 15 is 0 Å². The van der Waals surface area contributed by atoms with Crippen molar-refractivity contribution in [1.82, 2.24) is 9.97 Å². The van der Waals surface area contributed by atoms with Crippen molar-refractivity contribution >= 4 is 42.1 Å². The van der Waals surface area contributed by atoms with E-state index < -0.39 is 5.91 Å². The fourth-order valence-corrected chi connectivity index (χ4v) is 3.25. The highest BCUT2D eigenvalue weighted by atomic mass is 16.1. The minimum absolute atomic E-state index is 0.0346. The predicted octanol–water partition coefficient (Wildman–Crippen LogP) is 1.32. The van der Waals surface area contributed by atoms with E-state index in [0.717, 1.165) is 30.8 Å². The van der Waals surface area contributed by atoms with E-state index in [1.54, 1.807) is 24.3 Å². The molecule has 0 aliphatic heterocycles. The molecular weight excluding hydrogens is 384 g/mol. The quantitative estimate of drug-likeness (QED) is 0.187. The molecule has 0 bridgehead atoms. The van der Waals surface area contributed by atoms with Crippen LogP contribution in [-0.4, -0.2) is 41.0 Å². The second kappa shape index (κ2) is 9.76. The van der Waals surface area contributed by atoms with Crippen molar-refractivity contribution in [3.05, 3.63) is 36.0 Å². The number of nitrogens with one attached hydrogen (secondary N) is 2. The Balaban J connectivity index is 1.84. The van der Waals surface area contributed by atoms with Gasteiger partial charge < -0.3 is 22.1 Å². The summed E-state index contributed by atoms with van der Waals surface area (Å²) < 4.78 is 0. The second-order valence-corrected chi connectivity index (χ2v) is 6.95. The minimum Gasteiger partial charge on any atom is -0.365 e. The molecule has 1 aliphatic carbocycles. The highest BCUT2D eigenvalue weighted by molar-refractivity contribution is 5.98. The Morgan fingerprint density at radius 1 is 1.33 bits per heavy atom. The zero-order valence-electron chi connectivity index (χ0n) is 16.5. The molecule has 1 heterocycles. The molecular formula is C19H26N10O. The summed E-state index contributed by atoms with van der Waals surface area (Å²) in [5.74, 6) is 5.88. The number of carbonyl (C=O) groups excluding carboxylic acids is 1. The molecule has 0 saturated heterocycles. The molecule has 1 aromatic carbocycles. The van der Waals surface area contributed by atoms with Gasteiger partial charge in [-0.2, -0.15) is 10.1 Å². The van der Waals surface area contributed by atoms with Crippen LogP contribution in [-0.2, 0) is 0 Å². The first-order valence-electron chi connectivity index (χ1n) is 9.57. The third-order valence-electron chi connectivity index (χ3n) is 4.82. The summed E-state index contributed by atoms with van der Waals surface area (Å²) in [6.45, 7) is 3.31. The molecule has 2 aromatic rings. The summed E-state index contributed by atoms with van der Waals surface area (Å²) in [7, 11) is 0. The van der Waals surface area contributed by atoms with Crippen LogP contribution >= 0.6 is 0 Å². The number of amides is 1. The molecule has 0 radical (unpaired) electrons. The standard InChI is InChI=1S/C19H26N10O/c1-23-11-25-29(22)13-6-4-5-12(9-13)26-18-14(17(21)30)10-24-19(28-18)27-16-8-3-2-7-15(16)20/h4-6,9-11,15-16H,1-3,7-8,20,22H2,(H2,21,30)(H2,24,26,27,28)/b25-11-/t15-,16+/m0/s1. The highest BCUT2D eigenvalue weighted by Gasteiger charge is 2.23. The van der Waals surface area contributed by atoms with Crippen LogP contribution in [0.25, 0.3) is 0 Å². The number of benzene rings is 1. The lowest BCUT2D eigenvalue weighted by Gasteiger charge is -2.29. The summed E-state index contributed by atoms with van der Waals surface area (Å²) in [6.07, 6.45) is 6.74. The van der Waals surface area contributed by atoms with Crippen LogP contribution < -0.4 is 33.1 Å². The largest absolute Gasteiger partial charge is 0.365 e. The molecule has 0 unspecified atom stereocenters. The average Bonchev–Trinajstić information content (AvgIpc) is 2.74. The van der Waals surface area contributed by atoms with Crippen molar-refractivity contribution in [2.24, 2.45) is 27.4 Å². The Bertz CT molecular complexity index is 931. The number of hydrazine groups is 1. The maximum absolute atomic E-state index is 11.9. The number of hydrazone groups is 1. The number of carbonyl (C=O) groups is 1. The summed E-state index contributed by atoms with van der Waals surface area (Å²) >= 11 is 0. The maximum atomic E-state index is 11.9. The van der Waals surface area contributed by atoms with Gasteiger partial charge in [-0.05, 0) is 37.8 Å². The lowest BCUT2D eigenvalue weighted by atomic mass is 9.91. The van der Waals surface area contributed by atoms with Crippen LogP contribution in [0.3, 0.4) is 0 Å². The van der Waals surface area contributed by atoms with Gasteiger partial charge in [-0.3, -0.25) is 9.79 Å². The van der Waals surface area contributed by atoms with E-state index in [1.807, 2.05) is 0 Å². The lowest BCUT2D eigenvalue weighted by molar-refractivity contribution is 0.100. The molecule has 1 amide bonds. The Morgan fingerprint density at radius 3 is 2.87 bits per heavy atom. The van der Waals surface area contributed by atoms with Gasteiger partial charge in [0.05, 0.1) is 5.69 Å². The molecule has 11 nitrogen and oxygen atoms in total. The van der Waals surface area contributed by atoms with Gasteiger partial charge in [0.15, 0.2) is 0 Å². The number of aliphatic imine (C=N–C) groups is 1. The Morgan fingerprint density at radius 2 is 2.13 bits per heavy atom. The number of primary amides is 1. The van der Waals surface area contributed by atoms with Crippen molar-refractivity contribution < 1.29 is 4.79 Å². The topological polar surface area (TPSA) is 173 Å². The van der Waals surface area contributed by atoms with E-state index in [0.29, 0.717) is 17.3 Å². The number of hydrogen-bond donors (Lipinski definition) is 5. The summed E-state index contributed by atoms with van der Waals surface area (Å²) in [5.41, 5.74) is 13.1. The first kappa shape index (κ1) is 21.1. The third kappa shape index (κ3) is 5.27. The monoisotopic (exact) mass is 410 g/mol. The number of aromatic nitrogens is 2. The van der Waals surface area contributed by atoms with E-state index in [4.69, 9.17) is 17.3 Å². The van der Waals surface area contributed by atoms with Crippen molar-refractivity contribution in [2.75, 3.05) is 15.8 Å². The van der Waals surface area contributed by atoms with Crippen molar-refractivity contribution in [2.45, 2.75) is 37.8 Å². The maximum Gasteiger partial charge on any atom is 0.254 e. The number of hydrogen-bond acceptors (Lipinski definition) is 9. The molecule has 3 rings (SSSR count). The summed E-state index contributed by atoms with van der Waals surface area (Å²) in [6, 6.07) is 7.18. The molecule has 1 saturated carbocycles. The Labute approximate surface area is 174 Å². The van der Waals surface area contributed by atoms with Gasteiger partial charge in [0.25, 0.3) is 5.91 Å². The van der Waals surface area contributed by atoms with Crippen LogP contribution in [0.4, 0.5) is 23.1 Å². The Kier molecular flexibility index (Phi) is 6.88. The lowest BCUT2D eigenvalue weighted by Crippen LogP contribution is -2.43. The van der Waals surface area contributed by atoms with Crippen molar-refractivity contribution in [1.29, 1.82) is 0 Å². The van der Waals surface area contributed by atoms with Gasteiger partial charge >= 0.3 is 0 Å².